The minimum absolute atomic E-state index is 0.165. The molecular formula is C17H19N3O3. The van der Waals surface area contributed by atoms with E-state index in [1.54, 1.807) is 19.2 Å². The van der Waals surface area contributed by atoms with Crippen LogP contribution in [0.4, 0.5) is 17.1 Å². The summed E-state index contributed by atoms with van der Waals surface area (Å²) >= 11 is 0. The Balaban J connectivity index is 1.75. The normalized spacial score (nSPS) is 14.7. The molecule has 23 heavy (non-hydrogen) atoms. The molecule has 6 heteroatoms. The quantitative estimate of drug-likeness (QED) is 0.641. The number of anilines is 2. The summed E-state index contributed by atoms with van der Waals surface area (Å²) in [4.78, 5) is 15.2. The first-order valence-electron chi connectivity index (χ1n) is 7.57. The van der Waals surface area contributed by atoms with Crippen molar-refractivity contribution in [1.29, 1.82) is 0 Å². The van der Waals surface area contributed by atoms with Crippen molar-refractivity contribution in [1.82, 2.24) is 0 Å². The molecule has 1 aliphatic heterocycles. The van der Waals surface area contributed by atoms with E-state index >= 15 is 0 Å². The average molecular weight is 313 g/mol. The molecule has 6 nitrogen and oxygen atoms in total. The molecule has 2 aromatic rings. The van der Waals surface area contributed by atoms with Gasteiger partial charge >= 0.3 is 0 Å². The zero-order valence-corrected chi connectivity index (χ0v) is 13.0. The zero-order valence-electron chi connectivity index (χ0n) is 13.0. The lowest BCUT2D eigenvalue weighted by Crippen LogP contribution is -2.46. The number of para-hydroxylation sites is 4. The molecule has 0 radical (unpaired) electrons. The summed E-state index contributed by atoms with van der Waals surface area (Å²) in [5, 5.41) is 11.2. The van der Waals surface area contributed by atoms with Gasteiger partial charge in [-0.3, -0.25) is 10.1 Å². The molecule has 1 heterocycles. The molecular weight excluding hydrogens is 294 g/mol. The fraction of sp³-hybridized carbons (Fsp3) is 0.294. The highest BCUT2D eigenvalue weighted by Crippen LogP contribution is 2.31. The van der Waals surface area contributed by atoms with Crippen LogP contribution >= 0.6 is 0 Å². The highest BCUT2D eigenvalue weighted by molar-refractivity contribution is 5.65. The number of hydrogen-bond acceptors (Lipinski definition) is 5. The van der Waals surface area contributed by atoms with Crippen LogP contribution in [0.5, 0.6) is 5.75 Å². The van der Waals surface area contributed by atoms with Gasteiger partial charge in [-0.1, -0.05) is 24.3 Å². The van der Waals surface area contributed by atoms with E-state index in [1.165, 1.54) is 0 Å². The van der Waals surface area contributed by atoms with E-state index in [-0.39, 0.29) is 10.6 Å². The lowest BCUT2D eigenvalue weighted by atomic mass is 10.2. The summed E-state index contributed by atoms with van der Waals surface area (Å²) in [5.74, 6) is 0.853. The standard InChI is InChI=1S/C17H19N3O3/c1-23-17-9-5-4-8-16(17)19-12-10-18(11-13-19)14-6-2-3-7-15(14)20(21)22/h2-9H,10-13H2,1H3. The van der Waals surface area contributed by atoms with Crippen molar-refractivity contribution in [3.05, 3.63) is 58.6 Å². The second kappa shape index (κ2) is 6.56. The number of nitrogens with zero attached hydrogens (tertiary/aromatic N) is 3. The number of rotatable bonds is 4. The van der Waals surface area contributed by atoms with Crippen LogP contribution in [0, 0.1) is 10.1 Å². The number of methoxy groups -OCH3 is 1. The van der Waals surface area contributed by atoms with Crippen molar-refractivity contribution in [3.63, 3.8) is 0 Å². The molecule has 1 fully saturated rings. The first-order chi connectivity index (χ1) is 11.2. The third-order valence-electron chi connectivity index (χ3n) is 4.12. The van der Waals surface area contributed by atoms with Crippen molar-refractivity contribution < 1.29 is 9.66 Å². The van der Waals surface area contributed by atoms with Gasteiger partial charge in [0.15, 0.2) is 0 Å². The second-order valence-corrected chi connectivity index (χ2v) is 5.39. The summed E-state index contributed by atoms with van der Waals surface area (Å²) in [6.07, 6.45) is 0. The number of hydrogen-bond donors (Lipinski definition) is 0. The first kappa shape index (κ1) is 15.1. The largest absolute Gasteiger partial charge is 0.495 e. The van der Waals surface area contributed by atoms with Gasteiger partial charge in [0.2, 0.25) is 0 Å². The van der Waals surface area contributed by atoms with Crippen molar-refractivity contribution in [3.8, 4) is 5.75 Å². The lowest BCUT2D eigenvalue weighted by Gasteiger charge is -2.37. The number of ether oxygens (including phenoxy) is 1. The van der Waals surface area contributed by atoms with Gasteiger partial charge in [-0.25, -0.2) is 0 Å². The summed E-state index contributed by atoms with van der Waals surface area (Å²) in [6.45, 7) is 3.07. The molecule has 1 aliphatic rings. The fourth-order valence-electron chi connectivity index (χ4n) is 2.97. The Hall–Kier alpha value is -2.76. The number of nitro groups is 1. The van der Waals surface area contributed by atoms with E-state index in [1.807, 2.05) is 36.4 Å². The predicted molar refractivity (Wildman–Crippen MR) is 90.5 cm³/mol. The Labute approximate surface area is 135 Å². The highest BCUT2D eigenvalue weighted by Gasteiger charge is 2.24. The summed E-state index contributed by atoms with van der Waals surface area (Å²) in [6, 6.07) is 14.8. The predicted octanol–water partition coefficient (Wildman–Crippen LogP) is 2.93. The number of nitro benzene ring substituents is 1. The minimum atomic E-state index is -0.318. The van der Waals surface area contributed by atoms with Crippen molar-refractivity contribution in [2.24, 2.45) is 0 Å². The van der Waals surface area contributed by atoms with E-state index in [9.17, 15) is 10.1 Å². The van der Waals surface area contributed by atoms with Crippen LogP contribution in [0.15, 0.2) is 48.5 Å². The smallest absolute Gasteiger partial charge is 0.292 e. The molecule has 0 aliphatic carbocycles. The Morgan fingerprint density at radius 1 is 0.913 bits per heavy atom. The molecule has 0 N–H and O–H groups in total. The Bertz CT molecular complexity index is 697. The molecule has 0 saturated carbocycles. The van der Waals surface area contributed by atoms with E-state index in [4.69, 9.17) is 4.74 Å². The molecule has 2 aromatic carbocycles. The summed E-state index contributed by atoms with van der Waals surface area (Å²) in [7, 11) is 1.67. The van der Waals surface area contributed by atoms with Crippen molar-refractivity contribution in [2.45, 2.75) is 0 Å². The zero-order chi connectivity index (χ0) is 16.2. The molecule has 0 bridgehead atoms. The molecule has 3 rings (SSSR count). The van der Waals surface area contributed by atoms with Gasteiger partial charge < -0.3 is 14.5 Å². The van der Waals surface area contributed by atoms with E-state index in [0.29, 0.717) is 5.69 Å². The van der Waals surface area contributed by atoms with E-state index in [2.05, 4.69) is 9.80 Å². The van der Waals surface area contributed by atoms with Crippen molar-refractivity contribution in [2.75, 3.05) is 43.1 Å². The van der Waals surface area contributed by atoms with Gasteiger partial charge in [-0.15, -0.1) is 0 Å². The number of piperazine rings is 1. The maximum absolute atomic E-state index is 11.2. The maximum atomic E-state index is 11.2. The van der Waals surface area contributed by atoms with Gasteiger partial charge in [0.1, 0.15) is 11.4 Å². The monoisotopic (exact) mass is 313 g/mol. The maximum Gasteiger partial charge on any atom is 0.292 e. The number of benzene rings is 2. The summed E-state index contributed by atoms with van der Waals surface area (Å²) in [5.41, 5.74) is 1.92. The lowest BCUT2D eigenvalue weighted by molar-refractivity contribution is -0.384. The van der Waals surface area contributed by atoms with Crippen molar-refractivity contribution >= 4 is 17.1 Å². The van der Waals surface area contributed by atoms with Gasteiger partial charge in [-0.2, -0.15) is 0 Å². The molecule has 0 spiro atoms. The molecule has 120 valence electrons. The average Bonchev–Trinajstić information content (AvgIpc) is 2.62. The topological polar surface area (TPSA) is 58.8 Å². The van der Waals surface area contributed by atoms with Gasteiger partial charge in [0, 0.05) is 32.2 Å². The molecule has 0 aromatic heterocycles. The van der Waals surface area contributed by atoms with Gasteiger partial charge in [-0.05, 0) is 18.2 Å². The van der Waals surface area contributed by atoms with E-state index in [0.717, 1.165) is 37.6 Å². The van der Waals surface area contributed by atoms with Gasteiger partial charge in [0.25, 0.3) is 5.69 Å². The molecule has 1 saturated heterocycles. The first-order valence-corrected chi connectivity index (χ1v) is 7.57. The minimum Gasteiger partial charge on any atom is -0.495 e. The Kier molecular flexibility index (Phi) is 4.32. The Morgan fingerprint density at radius 3 is 2.04 bits per heavy atom. The highest BCUT2D eigenvalue weighted by atomic mass is 16.6. The second-order valence-electron chi connectivity index (χ2n) is 5.39. The van der Waals surface area contributed by atoms with Crippen LogP contribution in [-0.4, -0.2) is 38.2 Å². The van der Waals surface area contributed by atoms with E-state index < -0.39 is 0 Å². The third-order valence-corrected chi connectivity index (χ3v) is 4.12. The fourth-order valence-corrected chi connectivity index (χ4v) is 2.97. The Morgan fingerprint density at radius 2 is 1.43 bits per heavy atom. The van der Waals surface area contributed by atoms with Gasteiger partial charge in [0.05, 0.1) is 17.7 Å². The van der Waals surface area contributed by atoms with Crippen LogP contribution in [0.1, 0.15) is 0 Å². The van der Waals surface area contributed by atoms with Crippen LogP contribution in [0.3, 0.4) is 0 Å². The molecule has 0 atom stereocenters. The van der Waals surface area contributed by atoms with Crippen LogP contribution < -0.4 is 14.5 Å². The molecule has 0 amide bonds. The van der Waals surface area contributed by atoms with Crippen LogP contribution in [-0.2, 0) is 0 Å². The van der Waals surface area contributed by atoms with Crippen LogP contribution in [0.25, 0.3) is 0 Å². The van der Waals surface area contributed by atoms with Crippen LogP contribution in [0.2, 0.25) is 0 Å². The summed E-state index contributed by atoms with van der Waals surface area (Å²) < 4.78 is 5.42. The SMILES string of the molecule is COc1ccccc1N1CCN(c2ccccc2[N+](=O)[O-])CC1. The third kappa shape index (κ3) is 3.06. The molecule has 0 unspecified atom stereocenters.